The fraction of sp³-hybridized carbons (Fsp3) is 0.412. The van der Waals surface area contributed by atoms with Gasteiger partial charge in [-0.1, -0.05) is 6.07 Å². The molecular weight excluding hydrogens is 296 g/mol. The number of carbonyl (C=O) groups excluding carboxylic acids is 1. The van der Waals surface area contributed by atoms with E-state index in [9.17, 15) is 4.79 Å². The molecule has 1 amide bonds. The second-order valence-corrected chi connectivity index (χ2v) is 6.54. The van der Waals surface area contributed by atoms with Crippen LogP contribution in [0.1, 0.15) is 34.9 Å². The maximum absolute atomic E-state index is 11.8. The largest absolute Gasteiger partial charge is 0.444 e. The minimum atomic E-state index is 0.0184. The Bertz CT molecular complexity index is 645. The quantitative estimate of drug-likeness (QED) is 0.825. The number of oxazole rings is 1. The van der Waals surface area contributed by atoms with Crippen LogP contribution in [0.5, 0.6) is 0 Å². The lowest BCUT2D eigenvalue weighted by Gasteiger charge is -2.05. The van der Waals surface area contributed by atoms with E-state index in [2.05, 4.69) is 42.3 Å². The molecule has 0 atom stereocenters. The van der Waals surface area contributed by atoms with E-state index >= 15 is 0 Å². The first-order valence-corrected chi connectivity index (χ1v) is 8.34. The molecule has 0 unspecified atom stereocenters. The van der Waals surface area contributed by atoms with Crippen LogP contribution in [0.3, 0.4) is 0 Å². The highest BCUT2D eigenvalue weighted by Crippen LogP contribution is 2.21. The van der Waals surface area contributed by atoms with E-state index in [1.54, 1.807) is 11.8 Å². The molecule has 22 heavy (non-hydrogen) atoms. The molecule has 0 saturated carbocycles. The van der Waals surface area contributed by atoms with Gasteiger partial charge >= 0.3 is 0 Å². The molecule has 0 aliphatic carbocycles. The Kier molecular flexibility index (Phi) is 5.66. The SMILES string of the molecule is Cc1ccc(SCCC(=O)NCc2nc(C)c(C)o2)cc1C. The molecule has 1 aromatic heterocycles. The lowest BCUT2D eigenvalue weighted by Crippen LogP contribution is -2.23. The molecule has 2 aromatic rings. The molecule has 1 aromatic carbocycles. The average Bonchev–Trinajstić information content (AvgIpc) is 2.79. The standard InChI is InChI=1S/C17H22N2O2S/c1-11-5-6-15(9-12(11)2)22-8-7-16(20)18-10-17-19-13(3)14(4)21-17/h5-6,9H,7-8,10H2,1-4H3,(H,18,20). The third-order valence-corrected chi connectivity index (χ3v) is 4.58. The van der Waals surface area contributed by atoms with Gasteiger partial charge in [0.2, 0.25) is 11.8 Å². The Morgan fingerprint density at radius 1 is 1.23 bits per heavy atom. The molecule has 0 fully saturated rings. The zero-order valence-corrected chi connectivity index (χ0v) is 14.3. The van der Waals surface area contributed by atoms with E-state index in [4.69, 9.17) is 4.42 Å². The summed E-state index contributed by atoms with van der Waals surface area (Å²) in [6.07, 6.45) is 0.482. The number of aryl methyl sites for hydroxylation is 4. The summed E-state index contributed by atoms with van der Waals surface area (Å²) in [5, 5.41) is 2.84. The first-order valence-electron chi connectivity index (χ1n) is 7.35. The number of hydrogen-bond acceptors (Lipinski definition) is 4. The number of nitrogens with zero attached hydrogens (tertiary/aromatic N) is 1. The summed E-state index contributed by atoms with van der Waals surface area (Å²) < 4.78 is 5.43. The van der Waals surface area contributed by atoms with Gasteiger partial charge in [0.05, 0.1) is 12.2 Å². The number of thioether (sulfide) groups is 1. The van der Waals surface area contributed by atoms with Gasteiger partial charge in [-0.2, -0.15) is 0 Å². The van der Waals surface area contributed by atoms with Crippen LogP contribution in [0.25, 0.3) is 0 Å². The summed E-state index contributed by atoms with van der Waals surface area (Å²) in [7, 11) is 0. The monoisotopic (exact) mass is 318 g/mol. The van der Waals surface area contributed by atoms with Crippen molar-refractivity contribution in [3.05, 3.63) is 46.7 Å². The second kappa shape index (κ2) is 7.49. The maximum atomic E-state index is 11.8. The number of hydrogen-bond donors (Lipinski definition) is 1. The Balaban J connectivity index is 1.72. The first-order chi connectivity index (χ1) is 10.5. The summed E-state index contributed by atoms with van der Waals surface area (Å²) in [5.74, 6) is 2.14. The van der Waals surface area contributed by atoms with Gasteiger partial charge in [0, 0.05) is 17.1 Å². The number of aromatic nitrogens is 1. The lowest BCUT2D eigenvalue weighted by molar-refractivity contribution is -0.120. The number of amides is 1. The van der Waals surface area contributed by atoms with E-state index in [-0.39, 0.29) is 5.91 Å². The van der Waals surface area contributed by atoms with Gasteiger partial charge in [0.15, 0.2) is 0 Å². The summed E-state index contributed by atoms with van der Waals surface area (Å²) in [4.78, 5) is 17.3. The van der Waals surface area contributed by atoms with Crippen LogP contribution in [0, 0.1) is 27.7 Å². The van der Waals surface area contributed by atoms with Crippen LogP contribution < -0.4 is 5.32 Å². The maximum Gasteiger partial charge on any atom is 0.221 e. The highest BCUT2D eigenvalue weighted by molar-refractivity contribution is 7.99. The Morgan fingerprint density at radius 2 is 2.00 bits per heavy atom. The fourth-order valence-electron chi connectivity index (χ4n) is 1.94. The van der Waals surface area contributed by atoms with Crippen molar-refractivity contribution in [1.29, 1.82) is 0 Å². The van der Waals surface area contributed by atoms with Gasteiger partial charge in [-0.15, -0.1) is 11.8 Å². The van der Waals surface area contributed by atoms with Gasteiger partial charge < -0.3 is 9.73 Å². The fourth-order valence-corrected chi connectivity index (χ4v) is 2.89. The van der Waals surface area contributed by atoms with Crippen molar-refractivity contribution in [1.82, 2.24) is 10.3 Å². The van der Waals surface area contributed by atoms with Gasteiger partial charge in [-0.3, -0.25) is 4.79 Å². The molecular formula is C17H22N2O2S. The molecule has 1 heterocycles. The molecule has 4 nitrogen and oxygen atoms in total. The third kappa shape index (κ3) is 4.63. The van der Waals surface area contributed by atoms with Crippen molar-refractivity contribution in [2.45, 2.75) is 45.6 Å². The van der Waals surface area contributed by atoms with E-state index in [0.717, 1.165) is 17.2 Å². The number of rotatable bonds is 6. The predicted octanol–water partition coefficient (Wildman–Crippen LogP) is 3.71. The Morgan fingerprint density at radius 3 is 2.64 bits per heavy atom. The van der Waals surface area contributed by atoms with E-state index < -0.39 is 0 Å². The highest BCUT2D eigenvalue weighted by Gasteiger charge is 2.08. The number of nitrogens with one attached hydrogen (secondary N) is 1. The van der Waals surface area contributed by atoms with Crippen molar-refractivity contribution >= 4 is 17.7 Å². The number of benzene rings is 1. The van der Waals surface area contributed by atoms with Crippen LogP contribution in [0.2, 0.25) is 0 Å². The Hall–Kier alpha value is -1.75. The van der Waals surface area contributed by atoms with Crippen molar-refractivity contribution in [2.24, 2.45) is 0 Å². The zero-order chi connectivity index (χ0) is 16.1. The van der Waals surface area contributed by atoms with Crippen LogP contribution in [-0.4, -0.2) is 16.6 Å². The molecule has 0 saturated heterocycles. The number of carbonyl (C=O) groups is 1. The zero-order valence-electron chi connectivity index (χ0n) is 13.5. The third-order valence-electron chi connectivity index (χ3n) is 3.59. The topological polar surface area (TPSA) is 55.1 Å². The summed E-state index contributed by atoms with van der Waals surface area (Å²) in [6.45, 7) is 8.32. The average molecular weight is 318 g/mol. The molecule has 2 rings (SSSR count). The minimum Gasteiger partial charge on any atom is -0.444 e. The van der Waals surface area contributed by atoms with E-state index in [1.165, 1.54) is 16.0 Å². The van der Waals surface area contributed by atoms with Crippen LogP contribution >= 0.6 is 11.8 Å². The Labute approximate surface area is 135 Å². The first kappa shape index (κ1) is 16.6. The summed E-state index contributed by atoms with van der Waals surface area (Å²) in [6, 6.07) is 6.38. The smallest absolute Gasteiger partial charge is 0.221 e. The van der Waals surface area contributed by atoms with Crippen molar-refractivity contribution in [2.75, 3.05) is 5.75 Å². The van der Waals surface area contributed by atoms with Crippen LogP contribution in [0.15, 0.2) is 27.5 Å². The highest BCUT2D eigenvalue weighted by atomic mass is 32.2. The predicted molar refractivity (Wildman–Crippen MR) is 89.1 cm³/mol. The molecule has 0 aliphatic heterocycles. The molecule has 0 bridgehead atoms. The van der Waals surface area contributed by atoms with Gasteiger partial charge in [0.25, 0.3) is 0 Å². The summed E-state index contributed by atoms with van der Waals surface area (Å²) in [5.41, 5.74) is 3.44. The van der Waals surface area contributed by atoms with E-state index in [0.29, 0.717) is 18.9 Å². The molecule has 1 N–H and O–H groups in total. The molecule has 0 aliphatic rings. The van der Waals surface area contributed by atoms with Crippen molar-refractivity contribution < 1.29 is 9.21 Å². The normalized spacial score (nSPS) is 10.7. The lowest BCUT2D eigenvalue weighted by atomic mass is 10.1. The van der Waals surface area contributed by atoms with Gasteiger partial charge in [-0.25, -0.2) is 4.98 Å². The van der Waals surface area contributed by atoms with Crippen LogP contribution in [-0.2, 0) is 11.3 Å². The van der Waals surface area contributed by atoms with Crippen molar-refractivity contribution in [3.8, 4) is 0 Å². The van der Waals surface area contributed by atoms with Gasteiger partial charge in [-0.05, 0) is 51.0 Å². The molecule has 0 radical (unpaired) electrons. The minimum absolute atomic E-state index is 0.0184. The molecule has 118 valence electrons. The summed E-state index contributed by atoms with van der Waals surface area (Å²) >= 11 is 1.70. The second-order valence-electron chi connectivity index (χ2n) is 5.37. The molecule has 0 spiro atoms. The van der Waals surface area contributed by atoms with Crippen LogP contribution in [0.4, 0.5) is 0 Å². The van der Waals surface area contributed by atoms with Crippen molar-refractivity contribution in [3.63, 3.8) is 0 Å². The van der Waals surface area contributed by atoms with E-state index in [1.807, 2.05) is 13.8 Å². The van der Waals surface area contributed by atoms with Gasteiger partial charge in [0.1, 0.15) is 5.76 Å². The molecule has 5 heteroatoms.